The summed E-state index contributed by atoms with van der Waals surface area (Å²) in [7, 11) is 0. The van der Waals surface area contributed by atoms with Crippen LogP contribution in [0.5, 0.6) is 0 Å². The molecule has 2 aromatic heterocycles. The highest BCUT2D eigenvalue weighted by atomic mass is 79.9. The Bertz CT molecular complexity index is 1070. The maximum Gasteiger partial charge on any atom is 0.206 e. The zero-order valence-electron chi connectivity index (χ0n) is 14.7. The number of halogens is 1. The van der Waals surface area contributed by atoms with E-state index in [-0.39, 0.29) is 6.04 Å². The number of hydrogen-bond donors (Lipinski definition) is 3. The third-order valence-corrected chi connectivity index (χ3v) is 5.74. The van der Waals surface area contributed by atoms with Crippen molar-refractivity contribution in [2.45, 2.75) is 19.4 Å². The quantitative estimate of drug-likeness (QED) is 0.417. The van der Waals surface area contributed by atoms with E-state index in [0.717, 1.165) is 43.2 Å². The van der Waals surface area contributed by atoms with E-state index in [1.807, 2.05) is 31.2 Å². The Balaban J connectivity index is 1.40. The predicted octanol–water partition coefficient (Wildman–Crippen LogP) is 4.13. The van der Waals surface area contributed by atoms with E-state index >= 15 is 0 Å². The number of nitrogens with two attached hydrogens (primary N) is 1. The van der Waals surface area contributed by atoms with Crippen LogP contribution in [0.4, 0.5) is 5.13 Å². The van der Waals surface area contributed by atoms with Gasteiger partial charge in [-0.2, -0.15) is 5.10 Å². The Morgan fingerprint density at radius 2 is 2.11 bits per heavy atom. The highest BCUT2D eigenvalue weighted by Gasteiger charge is 2.11. The van der Waals surface area contributed by atoms with Gasteiger partial charge in [0, 0.05) is 33.7 Å². The number of rotatable bonds is 6. The minimum absolute atomic E-state index is 0.00317. The second kappa shape index (κ2) is 7.75. The molecule has 1 atom stereocenters. The highest BCUT2D eigenvalue weighted by molar-refractivity contribution is 9.10. The van der Waals surface area contributed by atoms with Crippen molar-refractivity contribution in [2.24, 2.45) is 5.73 Å². The SMILES string of the molecule is Cc1[nH]nc2ccc(-c3nnc(NC[C@@H](N)Cc4cccc(Br)c4)s3)cc12. The van der Waals surface area contributed by atoms with Crippen LogP contribution in [-0.4, -0.2) is 33.0 Å². The molecule has 4 aromatic rings. The monoisotopic (exact) mass is 442 g/mol. The van der Waals surface area contributed by atoms with Crippen LogP contribution < -0.4 is 11.1 Å². The lowest BCUT2D eigenvalue weighted by atomic mass is 10.1. The van der Waals surface area contributed by atoms with Gasteiger partial charge in [-0.05, 0) is 49.2 Å². The molecule has 0 saturated heterocycles. The summed E-state index contributed by atoms with van der Waals surface area (Å²) in [5, 5.41) is 21.9. The number of H-pyrrole nitrogens is 1. The van der Waals surface area contributed by atoms with Crippen molar-refractivity contribution < 1.29 is 0 Å². The first-order valence-electron chi connectivity index (χ1n) is 8.61. The molecule has 8 heteroatoms. The standard InChI is InChI=1S/C19H19BrN6S/c1-11-16-9-13(5-6-17(16)24-23-11)18-25-26-19(27-18)22-10-15(21)8-12-3-2-4-14(20)7-12/h2-7,9,15H,8,10,21H2,1H3,(H,22,26)(H,23,24)/t15-/m0/s1. The van der Waals surface area contributed by atoms with E-state index < -0.39 is 0 Å². The maximum atomic E-state index is 6.26. The van der Waals surface area contributed by atoms with Crippen molar-refractivity contribution in [3.63, 3.8) is 0 Å². The van der Waals surface area contributed by atoms with E-state index in [0.29, 0.717) is 6.54 Å². The van der Waals surface area contributed by atoms with E-state index in [4.69, 9.17) is 5.73 Å². The number of aromatic amines is 1. The average molecular weight is 443 g/mol. The molecule has 0 amide bonds. The zero-order valence-corrected chi connectivity index (χ0v) is 17.1. The van der Waals surface area contributed by atoms with E-state index in [1.54, 1.807) is 0 Å². The van der Waals surface area contributed by atoms with Crippen LogP contribution in [0, 0.1) is 6.92 Å². The first-order chi connectivity index (χ1) is 13.1. The van der Waals surface area contributed by atoms with Crippen LogP contribution in [0.3, 0.4) is 0 Å². The third kappa shape index (κ3) is 4.18. The van der Waals surface area contributed by atoms with Gasteiger partial charge in [-0.15, -0.1) is 10.2 Å². The highest BCUT2D eigenvalue weighted by Crippen LogP contribution is 2.29. The van der Waals surface area contributed by atoms with Crippen molar-refractivity contribution in [3.05, 3.63) is 58.2 Å². The Kier molecular flexibility index (Phi) is 5.20. The number of hydrogen-bond acceptors (Lipinski definition) is 6. The van der Waals surface area contributed by atoms with Gasteiger partial charge in [0.05, 0.1) is 5.52 Å². The molecular formula is C19H19BrN6S. The molecule has 0 saturated carbocycles. The van der Waals surface area contributed by atoms with Gasteiger partial charge in [-0.1, -0.05) is 39.4 Å². The molecule has 0 aliphatic carbocycles. The molecule has 0 bridgehead atoms. The van der Waals surface area contributed by atoms with Crippen LogP contribution in [0.25, 0.3) is 21.5 Å². The lowest BCUT2D eigenvalue weighted by molar-refractivity contribution is 0.698. The number of aryl methyl sites for hydroxylation is 1. The summed E-state index contributed by atoms with van der Waals surface area (Å²) < 4.78 is 1.07. The molecule has 0 aliphatic rings. The third-order valence-electron chi connectivity index (χ3n) is 4.32. The van der Waals surface area contributed by atoms with Gasteiger partial charge < -0.3 is 11.1 Å². The molecule has 2 heterocycles. The summed E-state index contributed by atoms with van der Waals surface area (Å²) in [6.07, 6.45) is 0.800. The van der Waals surface area contributed by atoms with E-state index in [2.05, 4.69) is 59.8 Å². The number of anilines is 1. The van der Waals surface area contributed by atoms with E-state index in [9.17, 15) is 0 Å². The first kappa shape index (κ1) is 18.1. The summed E-state index contributed by atoms with van der Waals surface area (Å²) in [5.41, 5.74) is 10.5. The van der Waals surface area contributed by atoms with Gasteiger partial charge in [0.2, 0.25) is 5.13 Å². The van der Waals surface area contributed by atoms with Gasteiger partial charge >= 0.3 is 0 Å². The molecule has 6 nitrogen and oxygen atoms in total. The van der Waals surface area contributed by atoms with Gasteiger partial charge in [-0.25, -0.2) is 0 Å². The lowest BCUT2D eigenvalue weighted by Crippen LogP contribution is -2.31. The zero-order chi connectivity index (χ0) is 18.8. The largest absolute Gasteiger partial charge is 0.359 e. The second-order valence-electron chi connectivity index (χ2n) is 6.47. The lowest BCUT2D eigenvalue weighted by Gasteiger charge is -2.12. The molecule has 2 aromatic carbocycles. The fraction of sp³-hybridized carbons (Fsp3) is 0.211. The summed E-state index contributed by atoms with van der Waals surface area (Å²) in [6, 6.07) is 14.3. The Labute approximate surface area is 169 Å². The van der Waals surface area contributed by atoms with Crippen molar-refractivity contribution >= 4 is 43.3 Å². The predicted molar refractivity (Wildman–Crippen MR) is 114 cm³/mol. The van der Waals surface area contributed by atoms with Crippen molar-refractivity contribution in [3.8, 4) is 10.6 Å². The van der Waals surface area contributed by atoms with Crippen molar-refractivity contribution in [2.75, 3.05) is 11.9 Å². The molecular weight excluding hydrogens is 424 g/mol. The summed E-state index contributed by atoms with van der Waals surface area (Å²) in [4.78, 5) is 0. The molecule has 0 aliphatic heterocycles. The number of aromatic nitrogens is 4. The molecule has 0 spiro atoms. The smallest absolute Gasteiger partial charge is 0.206 e. The average Bonchev–Trinajstić information content (AvgIpc) is 3.27. The normalized spacial score (nSPS) is 12.4. The van der Waals surface area contributed by atoms with Crippen LogP contribution in [0.15, 0.2) is 46.9 Å². The summed E-state index contributed by atoms with van der Waals surface area (Å²) in [5.74, 6) is 0. The van der Waals surface area contributed by atoms with Gasteiger partial charge in [-0.3, -0.25) is 5.10 Å². The van der Waals surface area contributed by atoms with Crippen molar-refractivity contribution in [1.29, 1.82) is 0 Å². The molecule has 27 heavy (non-hydrogen) atoms. The Morgan fingerprint density at radius 3 is 2.96 bits per heavy atom. The number of benzene rings is 2. The minimum atomic E-state index is -0.00317. The van der Waals surface area contributed by atoms with Gasteiger partial charge in [0.1, 0.15) is 5.01 Å². The first-order valence-corrected chi connectivity index (χ1v) is 10.2. The van der Waals surface area contributed by atoms with Gasteiger partial charge in [0.25, 0.3) is 0 Å². The summed E-state index contributed by atoms with van der Waals surface area (Å²) >= 11 is 5.02. The van der Waals surface area contributed by atoms with Gasteiger partial charge in [0.15, 0.2) is 0 Å². The van der Waals surface area contributed by atoms with Crippen LogP contribution in [-0.2, 0) is 6.42 Å². The maximum absolute atomic E-state index is 6.26. The molecule has 0 unspecified atom stereocenters. The number of nitrogens with one attached hydrogen (secondary N) is 2. The fourth-order valence-corrected chi connectivity index (χ4v) is 4.13. The molecule has 4 N–H and O–H groups in total. The topological polar surface area (TPSA) is 92.5 Å². The minimum Gasteiger partial charge on any atom is -0.359 e. The molecule has 0 radical (unpaired) electrons. The van der Waals surface area contributed by atoms with Crippen LogP contribution >= 0.6 is 27.3 Å². The molecule has 138 valence electrons. The molecule has 0 fully saturated rings. The summed E-state index contributed by atoms with van der Waals surface area (Å²) in [6.45, 7) is 2.65. The number of fused-ring (bicyclic) bond motifs is 1. The second-order valence-corrected chi connectivity index (χ2v) is 8.36. The van der Waals surface area contributed by atoms with Crippen LogP contribution in [0.2, 0.25) is 0 Å². The van der Waals surface area contributed by atoms with Crippen LogP contribution in [0.1, 0.15) is 11.3 Å². The Hall–Kier alpha value is -2.29. The van der Waals surface area contributed by atoms with E-state index in [1.165, 1.54) is 16.9 Å². The Morgan fingerprint density at radius 1 is 1.22 bits per heavy atom. The number of nitrogens with zero attached hydrogens (tertiary/aromatic N) is 3. The molecule has 4 rings (SSSR count). The van der Waals surface area contributed by atoms with Crippen molar-refractivity contribution in [1.82, 2.24) is 20.4 Å². The fourth-order valence-electron chi connectivity index (χ4n) is 2.94.